The number of nitrogens with one attached hydrogen (secondary N) is 1. The molecule has 0 aromatic heterocycles. The lowest BCUT2D eigenvalue weighted by Crippen LogP contribution is -2.16. The minimum Gasteiger partial charge on any atom is -0.461 e. The number of hydrogen-bond donors (Lipinski definition) is 1. The van der Waals surface area contributed by atoms with E-state index in [-0.39, 0.29) is 11.9 Å². The van der Waals surface area contributed by atoms with Crippen molar-refractivity contribution in [3.8, 4) is 0 Å². The van der Waals surface area contributed by atoms with Crippen LogP contribution in [0, 0.1) is 0 Å². The van der Waals surface area contributed by atoms with E-state index in [9.17, 15) is 9.59 Å². The Morgan fingerprint density at radius 2 is 0.872 bits per heavy atom. The van der Waals surface area contributed by atoms with E-state index in [4.69, 9.17) is 9.47 Å². The van der Waals surface area contributed by atoms with Crippen LogP contribution in [-0.4, -0.2) is 38.2 Å². The molecular formula is C34H63NO4. The average Bonchev–Trinajstić information content (AvgIpc) is 2.93. The van der Waals surface area contributed by atoms with Crippen molar-refractivity contribution in [1.82, 2.24) is 5.32 Å². The van der Waals surface area contributed by atoms with E-state index in [0.717, 1.165) is 64.5 Å². The van der Waals surface area contributed by atoms with Gasteiger partial charge < -0.3 is 14.8 Å². The van der Waals surface area contributed by atoms with Gasteiger partial charge in [0.15, 0.2) is 0 Å². The Labute approximate surface area is 242 Å². The Bertz CT molecular complexity index is 538. The molecule has 0 atom stereocenters. The summed E-state index contributed by atoms with van der Waals surface area (Å²) in [5.41, 5.74) is 0. The summed E-state index contributed by atoms with van der Waals surface area (Å²) in [4.78, 5) is 23.6. The largest absolute Gasteiger partial charge is 0.461 e. The molecule has 0 saturated carbocycles. The normalized spacial score (nSPS) is 11.5. The number of carbonyl (C=O) groups is 2. The fourth-order valence-corrected chi connectivity index (χ4v) is 4.40. The van der Waals surface area contributed by atoms with Gasteiger partial charge in [0.2, 0.25) is 0 Å². The first kappa shape index (κ1) is 37.4. The quantitative estimate of drug-likeness (QED) is 0.0549. The number of unbranched alkanes of at least 4 members (excludes halogenated alkanes) is 16. The van der Waals surface area contributed by atoms with Gasteiger partial charge in [0.1, 0.15) is 13.2 Å². The summed E-state index contributed by atoms with van der Waals surface area (Å²) >= 11 is 0. The maximum Gasteiger partial charge on any atom is 0.306 e. The third-order valence-corrected chi connectivity index (χ3v) is 6.93. The maximum atomic E-state index is 11.8. The van der Waals surface area contributed by atoms with Crippen LogP contribution in [0.1, 0.15) is 155 Å². The molecule has 5 nitrogen and oxygen atoms in total. The van der Waals surface area contributed by atoms with E-state index in [1.54, 1.807) is 0 Å². The van der Waals surface area contributed by atoms with Gasteiger partial charge in [-0.3, -0.25) is 9.59 Å². The Hall–Kier alpha value is -1.62. The van der Waals surface area contributed by atoms with Crippen LogP contribution in [0.5, 0.6) is 0 Å². The number of ether oxygens (including phenoxy) is 2. The average molecular weight is 550 g/mol. The van der Waals surface area contributed by atoms with Gasteiger partial charge in [-0.1, -0.05) is 115 Å². The van der Waals surface area contributed by atoms with Crippen LogP contribution in [0.15, 0.2) is 24.3 Å². The molecule has 0 aromatic rings. The first-order valence-corrected chi connectivity index (χ1v) is 16.5. The van der Waals surface area contributed by atoms with Crippen molar-refractivity contribution < 1.29 is 19.1 Å². The standard InChI is InChI=1S/C34H63NO4/c1-3-5-7-9-11-13-15-17-25-31-38-33(36)27-21-19-23-29-35-30-24-20-22-28-34(37)39-32-26-18-16-14-12-10-8-6-4-2/h17-18,25-26,35H,3-16,19-24,27-32H2,1-2H3/b25-17-,26-18-. The summed E-state index contributed by atoms with van der Waals surface area (Å²) in [6.45, 7) is 7.25. The van der Waals surface area contributed by atoms with Crippen molar-refractivity contribution in [2.24, 2.45) is 0 Å². The van der Waals surface area contributed by atoms with E-state index < -0.39 is 0 Å². The zero-order chi connectivity index (χ0) is 28.5. The van der Waals surface area contributed by atoms with Crippen LogP contribution in [0.2, 0.25) is 0 Å². The maximum absolute atomic E-state index is 11.8. The van der Waals surface area contributed by atoms with Crippen LogP contribution >= 0.6 is 0 Å². The van der Waals surface area contributed by atoms with Gasteiger partial charge in [-0.25, -0.2) is 0 Å². The van der Waals surface area contributed by atoms with Gasteiger partial charge in [-0.2, -0.15) is 0 Å². The molecule has 0 aliphatic heterocycles. The van der Waals surface area contributed by atoms with E-state index in [1.165, 1.54) is 77.0 Å². The lowest BCUT2D eigenvalue weighted by molar-refractivity contribution is -0.143. The Morgan fingerprint density at radius 1 is 0.487 bits per heavy atom. The van der Waals surface area contributed by atoms with Gasteiger partial charge in [0.05, 0.1) is 0 Å². The van der Waals surface area contributed by atoms with Crippen LogP contribution in [0.4, 0.5) is 0 Å². The molecule has 0 aliphatic carbocycles. The monoisotopic (exact) mass is 549 g/mol. The highest BCUT2D eigenvalue weighted by molar-refractivity contribution is 5.69. The topological polar surface area (TPSA) is 64.6 Å². The molecule has 0 saturated heterocycles. The number of rotatable bonds is 30. The lowest BCUT2D eigenvalue weighted by Gasteiger charge is -2.05. The summed E-state index contributed by atoms with van der Waals surface area (Å²) in [6, 6.07) is 0. The Kier molecular flexibility index (Phi) is 31.2. The fraction of sp³-hybridized carbons (Fsp3) is 0.824. The zero-order valence-corrected chi connectivity index (χ0v) is 25.8. The molecule has 0 aliphatic rings. The van der Waals surface area contributed by atoms with Crippen molar-refractivity contribution in [2.45, 2.75) is 155 Å². The highest BCUT2D eigenvalue weighted by Crippen LogP contribution is 2.08. The second-order valence-electron chi connectivity index (χ2n) is 10.8. The number of carbonyl (C=O) groups excluding carboxylic acids is 2. The van der Waals surface area contributed by atoms with E-state index in [1.807, 2.05) is 12.2 Å². The molecule has 0 fully saturated rings. The molecule has 5 heteroatoms. The second-order valence-corrected chi connectivity index (χ2v) is 10.8. The van der Waals surface area contributed by atoms with Crippen molar-refractivity contribution >= 4 is 11.9 Å². The first-order valence-electron chi connectivity index (χ1n) is 16.5. The summed E-state index contributed by atoms with van der Waals surface area (Å²) in [5.74, 6) is -0.176. The van der Waals surface area contributed by atoms with Crippen LogP contribution in [-0.2, 0) is 19.1 Å². The Balaban J connectivity index is 3.32. The SMILES string of the molecule is CCCCCCCC/C=C\COC(=O)CCCCCNCCCCCC(=O)OC/C=C\CCCCCCCC. The predicted octanol–water partition coefficient (Wildman–Crippen LogP) is 9.40. The van der Waals surface area contributed by atoms with Crippen molar-refractivity contribution in [1.29, 1.82) is 0 Å². The molecule has 39 heavy (non-hydrogen) atoms. The van der Waals surface area contributed by atoms with Gasteiger partial charge in [0, 0.05) is 12.8 Å². The van der Waals surface area contributed by atoms with Gasteiger partial charge in [-0.05, 0) is 64.5 Å². The molecule has 0 bridgehead atoms. The summed E-state index contributed by atoms with van der Waals surface area (Å²) in [7, 11) is 0. The lowest BCUT2D eigenvalue weighted by atomic mass is 10.1. The van der Waals surface area contributed by atoms with Gasteiger partial charge >= 0.3 is 11.9 Å². The molecule has 0 aromatic carbocycles. The van der Waals surface area contributed by atoms with Crippen molar-refractivity contribution in [2.75, 3.05) is 26.3 Å². The zero-order valence-electron chi connectivity index (χ0n) is 25.8. The van der Waals surface area contributed by atoms with Crippen LogP contribution in [0.3, 0.4) is 0 Å². The van der Waals surface area contributed by atoms with Crippen LogP contribution in [0.25, 0.3) is 0 Å². The molecule has 0 radical (unpaired) electrons. The minimum absolute atomic E-state index is 0.0881. The molecule has 0 unspecified atom stereocenters. The summed E-state index contributed by atoms with van der Waals surface area (Å²) in [6.07, 6.45) is 33.1. The minimum atomic E-state index is -0.0881. The molecule has 1 N–H and O–H groups in total. The highest BCUT2D eigenvalue weighted by Gasteiger charge is 2.02. The smallest absolute Gasteiger partial charge is 0.306 e. The summed E-state index contributed by atoms with van der Waals surface area (Å²) in [5, 5.41) is 3.46. The molecule has 228 valence electrons. The van der Waals surface area contributed by atoms with Crippen molar-refractivity contribution in [3.05, 3.63) is 24.3 Å². The predicted molar refractivity (Wildman–Crippen MR) is 166 cm³/mol. The molecule has 0 spiro atoms. The second kappa shape index (κ2) is 32.6. The van der Waals surface area contributed by atoms with Crippen LogP contribution < -0.4 is 5.32 Å². The third kappa shape index (κ3) is 32.5. The Morgan fingerprint density at radius 3 is 1.31 bits per heavy atom. The molecular weight excluding hydrogens is 486 g/mol. The fourth-order valence-electron chi connectivity index (χ4n) is 4.40. The van der Waals surface area contributed by atoms with Gasteiger partial charge in [-0.15, -0.1) is 0 Å². The van der Waals surface area contributed by atoms with E-state index in [0.29, 0.717) is 26.1 Å². The third-order valence-electron chi connectivity index (χ3n) is 6.93. The van der Waals surface area contributed by atoms with E-state index in [2.05, 4.69) is 31.3 Å². The van der Waals surface area contributed by atoms with E-state index >= 15 is 0 Å². The number of allylic oxidation sites excluding steroid dienone is 2. The molecule has 0 heterocycles. The number of hydrogen-bond acceptors (Lipinski definition) is 5. The van der Waals surface area contributed by atoms with Crippen molar-refractivity contribution in [3.63, 3.8) is 0 Å². The molecule has 0 amide bonds. The summed E-state index contributed by atoms with van der Waals surface area (Å²) < 4.78 is 10.6. The van der Waals surface area contributed by atoms with Gasteiger partial charge in [0.25, 0.3) is 0 Å². The highest BCUT2D eigenvalue weighted by atomic mass is 16.5. The number of esters is 2. The molecule has 0 rings (SSSR count). The first-order chi connectivity index (χ1) is 19.2.